The minimum atomic E-state index is 0.0780. The summed E-state index contributed by atoms with van der Waals surface area (Å²) in [4.78, 5) is 21.5. The molecule has 1 spiro atoms. The van der Waals surface area contributed by atoms with Crippen molar-refractivity contribution >= 4 is 5.91 Å². The van der Waals surface area contributed by atoms with E-state index >= 15 is 0 Å². The second kappa shape index (κ2) is 4.44. The average Bonchev–Trinajstić information content (AvgIpc) is 2.86. The predicted molar refractivity (Wildman–Crippen MR) is 78.6 cm³/mol. The van der Waals surface area contributed by atoms with Crippen molar-refractivity contribution in [1.29, 1.82) is 0 Å². The van der Waals surface area contributed by atoms with Crippen LogP contribution in [0, 0.1) is 5.41 Å². The van der Waals surface area contributed by atoms with E-state index in [1.807, 2.05) is 11.0 Å². The van der Waals surface area contributed by atoms with Gasteiger partial charge >= 0.3 is 0 Å². The van der Waals surface area contributed by atoms with Gasteiger partial charge in [-0.2, -0.15) is 0 Å². The highest BCUT2D eigenvalue weighted by Crippen LogP contribution is 2.40. The number of pyridine rings is 1. The zero-order chi connectivity index (χ0) is 14.6. The Morgan fingerprint density at radius 2 is 2.05 bits per heavy atom. The number of methoxy groups -OCH3 is 1. The number of hydrogen-bond acceptors (Lipinski definition) is 4. The second-order valence-corrected chi connectivity index (χ2v) is 6.84. The Kier molecular flexibility index (Phi) is 2.76. The molecule has 0 atom stereocenters. The van der Waals surface area contributed by atoms with E-state index in [9.17, 15) is 4.79 Å². The van der Waals surface area contributed by atoms with Gasteiger partial charge in [-0.1, -0.05) is 0 Å². The van der Waals surface area contributed by atoms with Crippen molar-refractivity contribution in [1.82, 2.24) is 14.8 Å². The van der Waals surface area contributed by atoms with Crippen LogP contribution in [-0.4, -0.2) is 61.0 Å². The van der Waals surface area contributed by atoms with Crippen molar-refractivity contribution in [3.05, 3.63) is 22.9 Å². The molecule has 1 amide bonds. The van der Waals surface area contributed by atoms with Crippen molar-refractivity contribution in [2.75, 3.05) is 40.3 Å². The van der Waals surface area contributed by atoms with Crippen molar-refractivity contribution in [3.63, 3.8) is 0 Å². The third-order valence-corrected chi connectivity index (χ3v) is 4.99. The minimum absolute atomic E-state index is 0.0780. The standard InChI is InChI=1S/C16H21N3O2/c1-18-7-16(8-18)9-19(10-16)15(20)12-6-11-4-3-5-13(11)17-14(12)21-2/h6H,3-5,7-10H2,1-2H3. The number of hydrogen-bond donors (Lipinski definition) is 0. The van der Waals surface area contributed by atoms with Crippen molar-refractivity contribution in [2.24, 2.45) is 5.41 Å². The first-order valence-corrected chi connectivity index (χ1v) is 7.65. The first kappa shape index (κ1) is 13.1. The highest BCUT2D eigenvalue weighted by molar-refractivity contribution is 5.97. The number of likely N-dealkylation sites (tertiary alicyclic amines) is 2. The molecule has 1 aliphatic carbocycles. The third kappa shape index (κ3) is 1.94. The molecule has 2 saturated heterocycles. The van der Waals surface area contributed by atoms with Crippen LogP contribution >= 0.6 is 0 Å². The van der Waals surface area contributed by atoms with E-state index in [2.05, 4.69) is 16.9 Å². The smallest absolute Gasteiger partial charge is 0.259 e. The number of nitrogens with zero attached hydrogens (tertiary/aromatic N) is 3. The quantitative estimate of drug-likeness (QED) is 0.813. The lowest BCUT2D eigenvalue weighted by molar-refractivity contribution is -0.0872. The van der Waals surface area contributed by atoms with Crippen LogP contribution in [0.25, 0.3) is 0 Å². The zero-order valence-electron chi connectivity index (χ0n) is 12.7. The molecule has 0 N–H and O–H groups in total. The van der Waals surface area contributed by atoms with E-state index < -0.39 is 0 Å². The van der Waals surface area contributed by atoms with Crippen LogP contribution in [0.3, 0.4) is 0 Å². The van der Waals surface area contributed by atoms with Gasteiger partial charge in [0.2, 0.25) is 5.88 Å². The van der Waals surface area contributed by atoms with Crippen LogP contribution in [0.15, 0.2) is 6.07 Å². The Morgan fingerprint density at radius 1 is 1.29 bits per heavy atom. The van der Waals surface area contributed by atoms with Crippen LogP contribution < -0.4 is 4.74 Å². The van der Waals surface area contributed by atoms with Gasteiger partial charge in [0.25, 0.3) is 5.91 Å². The number of carbonyl (C=O) groups excluding carboxylic acids is 1. The van der Waals surface area contributed by atoms with Crippen LogP contribution in [0.1, 0.15) is 28.0 Å². The fourth-order valence-electron chi connectivity index (χ4n) is 4.14. The normalized spacial score (nSPS) is 22.7. The van der Waals surface area contributed by atoms with Crippen molar-refractivity contribution in [3.8, 4) is 5.88 Å². The molecule has 5 heteroatoms. The summed E-state index contributed by atoms with van der Waals surface area (Å²) in [6.07, 6.45) is 3.16. The molecule has 1 aromatic rings. The van der Waals surface area contributed by atoms with Crippen molar-refractivity contribution in [2.45, 2.75) is 19.3 Å². The van der Waals surface area contributed by atoms with Gasteiger partial charge in [-0.25, -0.2) is 4.98 Å². The lowest BCUT2D eigenvalue weighted by Gasteiger charge is -2.59. The Morgan fingerprint density at radius 3 is 2.71 bits per heavy atom. The molecule has 0 unspecified atom stereocenters. The predicted octanol–water partition coefficient (Wildman–Crippen LogP) is 0.966. The topological polar surface area (TPSA) is 45.7 Å². The maximum Gasteiger partial charge on any atom is 0.259 e. The minimum Gasteiger partial charge on any atom is -0.480 e. The lowest BCUT2D eigenvalue weighted by atomic mass is 9.73. The van der Waals surface area contributed by atoms with Gasteiger partial charge in [0.15, 0.2) is 0 Å². The molecule has 1 aromatic heterocycles. The largest absolute Gasteiger partial charge is 0.480 e. The third-order valence-electron chi connectivity index (χ3n) is 4.99. The van der Waals surface area contributed by atoms with E-state index in [1.54, 1.807) is 7.11 Å². The van der Waals surface area contributed by atoms with Crippen LogP contribution in [0.5, 0.6) is 5.88 Å². The molecule has 0 saturated carbocycles. The van der Waals surface area contributed by atoms with Gasteiger partial charge in [0.05, 0.1) is 7.11 Å². The summed E-state index contributed by atoms with van der Waals surface area (Å²) >= 11 is 0. The maximum atomic E-state index is 12.7. The first-order chi connectivity index (χ1) is 10.1. The van der Waals surface area contributed by atoms with E-state index in [-0.39, 0.29) is 5.91 Å². The molecule has 112 valence electrons. The molecule has 5 nitrogen and oxygen atoms in total. The number of rotatable bonds is 2. The van der Waals surface area contributed by atoms with E-state index in [0.29, 0.717) is 16.9 Å². The summed E-state index contributed by atoms with van der Waals surface area (Å²) < 4.78 is 5.35. The van der Waals surface area contributed by atoms with E-state index in [4.69, 9.17) is 4.74 Å². The molecule has 0 radical (unpaired) electrons. The summed E-state index contributed by atoms with van der Waals surface area (Å²) in [5, 5.41) is 0. The summed E-state index contributed by atoms with van der Waals surface area (Å²) in [5.41, 5.74) is 3.32. The number of carbonyl (C=O) groups is 1. The van der Waals surface area contributed by atoms with Gasteiger partial charge in [-0.05, 0) is 37.9 Å². The number of ether oxygens (including phenoxy) is 1. The highest BCUT2D eigenvalue weighted by atomic mass is 16.5. The van der Waals surface area contributed by atoms with Gasteiger partial charge in [0.1, 0.15) is 5.56 Å². The van der Waals surface area contributed by atoms with Gasteiger partial charge in [-0.3, -0.25) is 4.79 Å². The summed E-state index contributed by atoms with van der Waals surface area (Å²) in [6, 6.07) is 2.01. The molecule has 0 aromatic carbocycles. The molecule has 2 fully saturated rings. The second-order valence-electron chi connectivity index (χ2n) is 6.84. The summed E-state index contributed by atoms with van der Waals surface area (Å²) in [7, 11) is 3.72. The zero-order valence-corrected chi connectivity index (χ0v) is 12.7. The fraction of sp³-hybridized carbons (Fsp3) is 0.625. The number of amides is 1. The lowest BCUT2D eigenvalue weighted by Crippen LogP contribution is -2.72. The Balaban J connectivity index is 1.55. The van der Waals surface area contributed by atoms with Crippen LogP contribution in [-0.2, 0) is 12.8 Å². The SMILES string of the molecule is COc1nc2c(cc1C(=O)N1CC3(CN(C)C3)C1)CCC2. The van der Waals surface area contributed by atoms with E-state index in [1.165, 1.54) is 5.56 Å². The molecule has 2 aliphatic heterocycles. The Labute approximate surface area is 124 Å². The van der Waals surface area contributed by atoms with Crippen LogP contribution in [0.2, 0.25) is 0 Å². The first-order valence-electron chi connectivity index (χ1n) is 7.65. The van der Waals surface area contributed by atoms with Gasteiger partial charge in [-0.15, -0.1) is 0 Å². The summed E-state index contributed by atoms with van der Waals surface area (Å²) in [5.74, 6) is 0.571. The molecule has 0 bridgehead atoms. The molecular weight excluding hydrogens is 266 g/mol. The molecule has 3 aliphatic rings. The highest BCUT2D eigenvalue weighted by Gasteiger charge is 2.52. The molecule has 4 rings (SSSR count). The summed E-state index contributed by atoms with van der Waals surface area (Å²) in [6.45, 7) is 3.96. The van der Waals surface area contributed by atoms with Crippen molar-refractivity contribution < 1.29 is 9.53 Å². The van der Waals surface area contributed by atoms with E-state index in [0.717, 1.165) is 51.1 Å². The monoisotopic (exact) mass is 287 g/mol. The van der Waals surface area contributed by atoms with Gasteiger partial charge < -0.3 is 14.5 Å². The molecule has 3 heterocycles. The van der Waals surface area contributed by atoms with Crippen LogP contribution in [0.4, 0.5) is 0 Å². The molecular formula is C16H21N3O2. The Hall–Kier alpha value is -1.62. The maximum absolute atomic E-state index is 12.7. The number of aromatic nitrogens is 1. The Bertz CT molecular complexity index is 600. The van der Waals surface area contributed by atoms with Gasteiger partial charge in [0, 0.05) is 37.3 Å². The average molecular weight is 287 g/mol. The molecule has 21 heavy (non-hydrogen) atoms. The number of aryl methyl sites for hydroxylation is 2. The number of fused-ring (bicyclic) bond motifs is 1. The fourth-order valence-corrected chi connectivity index (χ4v) is 4.14.